The number of hydrogen-bond acceptors (Lipinski definition) is 2. The third-order valence-corrected chi connectivity index (χ3v) is 1.69. The van der Waals surface area contributed by atoms with Crippen LogP contribution in [-0.4, -0.2) is 30.7 Å². The monoisotopic (exact) mass is 196 g/mol. The second-order valence-corrected chi connectivity index (χ2v) is 3.41. The van der Waals surface area contributed by atoms with E-state index in [1.165, 1.54) is 13.8 Å². The zero-order chi connectivity index (χ0) is 10.5. The van der Waals surface area contributed by atoms with Gasteiger partial charge in [-0.2, -0.15) is 0 Å². The first-order valence-electron chi connectivity index (χ1n) is 3.95. The van der Waals surface area contributed by atoms with Gasteiger partial charge in [0.15, 0.2) is 0 Å². The Balaban J connectivity index is 3.58. The average molecular weight is 196 g/mol. The van der Waals surface area contributed by atoms with Gasteiger partial charge < -0.3 is 9.84 Å². The van der Waals surface area contributed by atoms with E-state index in [1.54, 1.807) is 0 Å². The van der Waals surface area contributed by atoms with Crippen LogP contribution in [0.2, 0.25) is 0 Å². The van der Waals surface area contributed by atoms with Crippen LogP contribution in [0.5, 0.6) is 0 Å². The summed E-state index contributed by atoms with van der Waals surface area (Å²) in [5.74, 6) is -0.951. The second kappa shape index (κ2) is 5.11. The van der Waals surface area contributed by atoms with Gasteiger partial charge in [-0.25, -0.2) is 8.78 Å². The summed E-state index contributed by atoms with van der Waals surface area (Å²) in [6, 6.07) is 0. The van der Waals surface area contributed by atoms with Crippen molar-refractivity contribution < 1.29 is 23.4 Å². The topological polar surface area (TPSA) is 46.5 Å². The number of hydrogen-bond donors (Lipinski definition) is 1. The van der Waals surface area contributed by atoms with Crippen molar-refractivity contribution in [2.45, 2.75) is 26.7 Å². The Morgan fingerprint density at radius 1 is 1.54 bits per heavy atom. The van der Waals surface area contributed by atoms with Gasteiger partial charge in [-0.3, -0.25) is 4.79 Å². The van der Waals surface area contributed by atoms with Crippen LogP contribution in [0.4, 0.5) is 8.78 Å². The zero-order valence-electron chi connectivity index (χ0n) is 7.72. The Morgan fingerprint density at radius 3 is 2.46 bits per heavy atom. The minimum atomic E-state index is -2.49. The van der Waals surface area contributed by atoms with Crippen LogP contribution in [0.1, 0.15) is 20.3 Å². The molecule has 0 saturated heterocycles. The fourth-order valence-electron chi connectivity index (χ4n) is 0.607. The molecule has 0 heterocycles. The van der Waals surface area contributed by atoms with Crippen LogP contribution in [0.3, 0.4) is 0 Å². The van der Waals surface area contributed by atoms with Gasteiger partial charge in [0, 0.05) is 6.61 Å². The molecule has 0 aromatic heterocycles. The Hall–Kier alpha value is -0.710. The van der Waals surface area contributed by atoms with E-state index in [0.29, 0.717) is 0 Å². The van der Waals surface area contributed by atoms with Crippen LogP contribution < -0.4 is 0 Å². The lowest BCUT2D eigenvalue weighted by molar-refractivity contribution is -0.148. The summed E-state index contributed by atoms with van der Waals surface area (Å²) in [5.41, 5.74) is -0.915. The van der Waals surface area contributed by atoms with Crippen LogP contribution in [0.25, 0.3) is 0 Å². The molecule has 3 nitrogen and oxygen atoms in total. The van der Waals surface area contributed by atoms with Crippen LogP contribution in [0.15, 0.2) is 0 Å². The van der Waals surface area contributed by atoms with E-state index in [1.807, 2.05) is 0 Å². The molecule has 0 atom stereocenters. The van der Waals surface area contributed by atoms with Crippen molar-refractivity contribution in [3.05, 3.63) is 0 Å². The summed E-state index contributed by atoms with van der Waals surface area (Å²) in [7, 11) is 0. The summed E-state index contributed by atoms with van der Waals surface area (Å²) >= 11 is 0. The minimum absolute atomic E-state index is 0.0453. The Bertz CT molecular complexity index is 169. The lowest BCUT2D eigenvalue weighted by Crippen LogP contribution is -2.25. The second-order valence-electron chi connectivity index (χ2n) is 3.41. The molecule has 0 aromatic rings. The molecule has 0 aliphatic carbocycles. The Kier molecular flexibility index (Phi) is 4.83. The van der Waals surface area contributed by atoms with Gasteiger partial charge in [0.25, 0.3) is 6.43 Å². The summed E-state index contributed by atoms with van der Waals surface area (Å²) in [6.45, 7) is 2.47. The number of carboxylic acid groups (broad SMARTS) is 1. The standard InChI is InChI=1S/C8H14F2O3/c1-8(2,7(11)12)3-4-13-5-6(9)10/h6H,3-5H2,1-2H3,(H,11,12). The van der Waals surface area contributed by atoms with Crippen molar-refractivity contribution in [1.29, 1.82) is 0 Å². The molecule has 13 heavy (non-hydrogen) atoms. The van der Waals surface area contributed by atoms with E-state index >= 15 is 0 Å². The Labute approximate surface area is 75.7 Å². The van der Waals surface area contributed by atoms with Crippen LogP contribution >= 0.6 is 0 Å². The first-order valence-corrected chi connectivity index (χ1v) is 3.95. The predicted molar refractivity (Wildman–Crippen MR) is 42.9 cm³/mol. The molecule has 78 valence electrons. The normalized spacial score (nSPS) is 12.1. The zero-order valence-corrected chi connectivity index (χ0v) is 7.72. The molecule has 0 aromatic carbocycles. The molecule has 0 bridgehead atoms. The summed E-state index contributed by atoms with van der Waals surface area (Å²) < 4.78 is 27.7. The maximum atomic E-state index is 11.6. The number of aliphatic carboxylic acids is 1. The van der Waals surface area contributed by atoms with Gasteiger partial charge >= 0.3 is 5.97 Å². The quantitative estimate of drug-likeness (QED) is 0.658. The number of carboxylic acids is 1. The molecular weight excluding hydrogens is 182 g/mol. The third-order valence-electron chi connectivity index (χ3n) is 1.69. The highest BCUT2D eigenvalue weighted by molar-refractivity contribution is 5.73. The molecule has 0 unspecified atom stereocenters. The van der Waals surface area contributed by atoms with E-state index in [2.05, 4.69) is 4.74 Å². The molecule has 0 spiro atoms. The molecule has 0 aliphatic rings. The van der Waals surface area contributed by atoms with Crippen molar-refractivity contribution in [3.8, 4) is 0 Å². The van der Waals surface area contributed by atoms with Crippen molar-refractivity contribution in [1.82, 2.24) is 0 Å². The number of rotatable bonds is 6. The first kappa shape index (κ1) is 12.3. The summed E-state index contributed by atoms with van der Waals surface area (Å²) in [4.78, 5) is 10.5. The molecule has 0 saturated carbocycles. The number of alkyl halides is 2. The lowest BCUT2D eigenvalue weighted by atomic mass is 9.90. The Morgan fingerprint density at radius 2 is 2.08 bits per heavy atom. The van der Waals surface area contributed by atoms with Crippen molar-refractivity contribution in [2.24, 2.45) is 5.41 Å². The van der Waals surface area contributed by atoms with Gasteiger partial charge in [0.1, 0.15) is 6.61 Å². The van der Waals surface area contributed by atoms with E-state index in [9.17, 15) is 13.6 Å². The van der Waals surface area contributed by atoms with Crippen LogP contribution in [-0.2, 0) is 9.53 Å². The molecule has 0 rings (SSSR count). The predicted octanol–water partition coefficient (Wildman–Crippen LogP) is 1.77. The maximum Gasteiger partial charge on any atom is 0.309 e. The molecule has 0 fully saturated rings. The smallest absolute Gasteiger partial charge is 0.309 e. The fraction of sp³-hybridized carbons (Fsp3) is 0.875. The highest BCUT2D eigenvalue weighted by Gasteiger charge is 2.26. The molecule has 0 aliphatic heterocycles. The van der Waals surface area contributed by atoms with Gasteiger partial charge in [0.2, 0.25) is 0 Å². The molecule has 0 radical (unpaired) electrons. The van der Waals surface area contributed by atoms with Gasteiger partial charge in [-0.1, -0.05) is 0 Å². The lowest BCUT2D eigenvalue weighted by Gasteiger charge is -2.18. The minimum Gasteiger partial charge on any atom is -0.481 e. The van der Waals surface area contributed by atoms with E-state index in [4.69, 9.17) is 5.11 Å². The highest BCUT2D eigenvalue weighted by Crippen LogP contribution is 2.20. The largest absolute Gasteiger partial charge is 0.481 e. The summed E-state index contributed by atoms with van der Waals surface area (Å²) in [6.07, 6.45) is -2.26. The van der Waals surface area contributed by atoms with Crippen LogP contribution in [0, 0.1) is 5.41 Å². The van der Waals surface area contributed by atoms with Crippen molar-refractivity contribution in [3.63, 3.8) is 0 Å². The van der Waals surface area contributed by atoms with Gasteiger partial charge in [0.05, 0.1) is 5.41 Å². The van der Waals surface area contributed by atoms with Gasteiger partial charge in [-0.15, -0.1) is 0 Å². The van der Waals surface area contributed by atoms with Gasteiger partial charge in [-0.05, 0) is 20.3 Å². The SMILES string of the molecule is CC(C)(CCOCC(F)F)C(=O)O. The molecular formula is C8H14F2O3. The molecule has 0 amide bonds. The molecule has 1 N–H and O–H groups in total. The highest BCUT2D eigenvalue weighted by atomic mass is 19.3. The summed E-state index contributed by atoms with van der Waals surface area (Å²) in [5, 5.41) is 8.65. The average Bonchev–Trinajstić information content (AvgIpc) is 1.97. The number of carbonyl (C=O) groups is 1. The molecule has 5 heteroatoms. The maximum absolute atomic E-state index is 11.6. The third kappa shape index (κ3) is 5.52. The first-order chi connectivity index (χ1) is 5.86. The number of ether oxygens (including phenoxy) is 1. The van der Waals surface area contributed by atoms with E-state index < -0.39 is 24.4 Å². The van der Waals surface area contributed by atoms with Crippen molar-refractivity contribution in [2.75, 3.05) is 13.2 Å². The van der Waals surface area contributed by atoms with E-state index in [0.717, 1.165) is 0 Å². The van der Waals surface area contributed by atoms with Crippen molar-refractivity contribution >= 4 is 5.97 Å². The van der Waals surface area contributed by atoms with E-state index in [-0.39, 0.29) is 13.0 Å². The number of halogens is 2. The fourth-order valence-corrected chi connectivity index (χ4v) is 0.607.